The number of aliphatic hydroxyl groups excluding tert-OH is 8. The molecule has 2 saturated heterocycles. The average Bonchev–Trinajstić information content (AvgIpc) is 0.794. The van der Waals surface area contributed by atoms with Crippen LogP contribution in [0.3, 0.4) is 0 Å². The Hall–Kier alpha value is -3.87. The van der Waals surface area contributed by atoms with Crippen LogP contribution >= 0.6 is 0 Å². The maximum Gasteiger partial charge on any atom is 0.220 e. The van der Waals surface area contributed by atoms with Crippen LogP contribution in [0.1, 0.15) is 271 Å². The molecule has 94 heavy (non-hydrogen) atoms. The Labute approximate surface area is 570 Å². The summed E-state index contributed by atoms with van der Waals surface area (Å²) < 4.78 is 22.9. The molecule has 2 heterocycles. The molecular formula is C80H135NO13. The molecule has 2 rings (SSSR count). The smallest absolute Gasteiger partial charge is 0.220 e. The first-order valence-electron chi connectivity index (χ1n) is 37.4. The molecule has 2 fully saturated rings. The van der Waals surface area contributed by atoms with Gasteiger partial charge in [0.15, 0.2) is 12.6 Å². The third kappa shape index (κ3) is 45.6. The van der Waals surface area contributed by atoms with Gasteiger partial charge in [0.1, 0.15) is 48.8 Å². The first kappa shape index (κ1) is 86.2. The summed E-state index contributed by atoms with van der Waals surface area (Å²) in [5, 5.41) is 87.5. The van der Waals surface area contributed by atoms with Crippen LogP contribution in [0.25, 0.3) is 0 Å². The molecule has 12 atom stereocenters. The minimum Gasteiger partial charge on any atom is -0.394 e. The molecule has 12 unspecified atom stereocenters. The Morgan fingerprint density at radius 3 is 1.13 bits per heavy atom. The van der Waals surface area contributed by atoms with Crippen LogP contribution in [0.4, 0.5) is 0 Å². The van der Waals surface area contributed by atoms with Crippen molar-refractivity contribution >= 4 is 5.91 Å². The molecule has 1 amide bonds. The summed E-state index contributed by atoms with van der Waals surface area (Å²) in [6.45, 7) is 2.68. The fourth-order valence-corrected chi connectivity index (χ4v) is 11.4. The summed E-state index contributed by atoms with van der Waals surface area (Å²) in [7, 11) is 0. The second-order valence-electron chi connectivity index (χ2n) is 25.7. The molecule has 9 N–H and O–H groups in total. The van der Waals surface area contributed by atoms with Crippen LogP contribution in [0.15, 0.2) is 134 Å². The lowest BCUT2D eigenvalue weighted by molar-refractivity contribution is -0.359. The predicted octanol–water partition coefficient (Wildman–Crippen LogP) is 16.2. The van der Waals surface area contributed by atoms with Gasteiger partial charge in [-0.2, -0.15) is 0 Å². The van der Waals surface area contributed by atoms with Gasteiger partial charge in [-0.1, -0.05) is 302 Å². The van der Waals surface area contributed by atoms with Crippen molar-refractivity contribution in [1.29, 1.82) is 0 Å². The minimum atomic E-state index is -1.80. The van der Waals surface area contributed by atoms with E-state index in [4.69, 9.17) is 18.9 Å². The van der Waals surface area contributed by atoms with Gasteiger partial charge in [0.2, 0.25) is 5.91 Å². The number of aliphatic hydroxyl groups is 8. The van der Waals surface area contributed by atoms with Gasteiger partial charge in [-0.05, 0) is 96.3 Å². The van der Waals surface area contributed by atoms with Crippen molar-refractivity contribution in [2.75, 3.05) is 19.8 Å². The van der Waals surface area contributed by atoms with Crippen molar-refractivity contribution in [3.63, 3.8) is 0 Å². The number of carbonyl (C=O) groups is 1. The number of amides is 1. The lowest BCUT2D eigenvalue weighted by Gasteiger charge is -2.46. The molecule has 0 aromatic carbocycles. The van der Waals surface area contributed by atoms with Crippen molar-refractivity contribution in [3.8, 4) is 0 Å². The summed E-state index contributed by atoms with van der Waals surface area (Å²) in [6, 6.07) is -0.941. The van der Waals surface area contributed by atoms with Crippen molar-refractivity contribution in [2.45, 2.75) is 344 Å². The highest BCUT2D eigenvalue weighted by molar-refractivity contribution is 5.76. The van der Waals surface area contributed by atoms with E-state index in [9.17, 15) is 45.6 Å². The zero-order valence-electron chi connectivity index (χ0n) is 58.7. The SMILES string of the molecule is CC/C=C\C/C=C\C/C=C\C/C=C\C/C=C\C/C=C\C/C=C\C/C=C\C/C=C\C/C=C\CCCCCCC(=O)NC(COC1OC(CO)C(OC2OC(CO)C(O)C(O)C2O)C(O)C1O)C(O)/C=C/CCCCCCCCCCCCCCCCCCCCCCCCC. The molecular weight excluding hydrogens is 1180 g/mol. The number of hydrogen-bond donors (Lipinski definition) is 9. The topological polar surface area (TPSA) is 228 Å². The molecule has 14 heteroatoms. The summed E-state index contributed by atoms with van der Waals surface area (Å²) in [5.41, 5.74) is 0. The normalized spacial score (nSPS) is 23.3. The summed E-state index contributed by atoms with van der Waals surface area (Å²) in [6.07, 6.45) is 76.4. The highest BCUT2D eigenvalue weighted by Gasteiger charge is 2.51. The third-order valence-corrected chi connectivity index (χ3v) is 17.3. The van der Waals surface area contributed by atoms with E-state index in [1.807, 2.05) is 6.08 Å². The Kier molecular flexibility index (Phi) is 57.4. The van der Waals surface area contributed by atoms with E-state index in [2.05, 4.69) is 141 Å². The summed E-state index contributed by atoms with van der Waals surface area (Å²) in [4.78, 5) is 13.4. The zero-order valence-corrected chi connectivity index (χ0v) is 58.7. The maximum absolute atomic E-state index is 13.4. The van der Waals surface area contributed by atoms with Gasteiger partial charge in [-0.25, -0.2) is 0 Å². The lowest BCUT2D eigenvalue weighted by atomic mass is 9.97. The maximum atomic E-state index is 13.4. The number of unbranched alkanes of at least 4 members (excludes halogenated alkanes) is 27. The highest BCUT2D eigenvalue weighted by atomic mass is 16.7. The van der Waals surface area contributed by atoms with Crippen molar-refractivity contribution in [1.82, 2.24) is 5.32 Å². The van der Waals surface area contributed by atoms with Gasteiger partial charge < -0.3 is 65.1 Å². The van der Waals surface area contributed by atoms with Crippen LogP contribution in [0, 0.1) is 0 Å². The molecule has 14 nitrogen and oxygen atoms in total. The molecule has 0 aromatic heterocycles. The molecule has 2 aliphatic heterocycles. The third-order valence-electron chi connectivity index (χ3n) is 17.3. The van der Waals surface area contributed by atoms with Crippen LogP contribution in [-0.2, 0) is 23.7 Å². The standard InChI is InChI=1S/C80H135NO13/c1-3-5-7-9-11-13-15-17-19-21-23-25-27-29-30-31-32-33-34-35-36-37-38-40-42-44-46-48-50-52-54-56-58-60-62-64-72(85)81-68(67-91-79-77(90)75(88)78(71(66-83)93-79)94-80-76(89)74(87)73(86)70(65-82)92-80)69(84)63-61-59-57-55-53-51-49-47-45-43-41-39-28-26-24-22-20-18-16-14-12-10-8-6-4-2/h5,7,11,13,17,19,23,25,29-30,32-33,35-36,38,40,44,46,50,52,61,63,68-71,73-80,82-84,86-90H,3-4,6,8-10,12,14-16,18,20-22,24,26-28,31,34,37,39,41-43,45,47-49,51,53-60,62,64-67H2,1-2H3,(H,81,85)/b7-5-,13-11-,19-17-,25-23-,30-29-,33-32-,36-35-,40-38-,46-44-,52-50-,63-61+. The molecule has 0 saturated carbocycles. The number of hydrogen-bond acceptors (Lipinski definition) is 13. The number of ether oxygens (including phenoxy) is 4. The first-order chi connectivity index (χ1) is 46.1. The van der Waals surface area contributed by atoms with Crippen molar-refractivity contribution < 1.29 is 64.6 Å². The van der Waals surface area contributed by atoms with Crippen LogP contribution < -0.4 is 5.32 Å². The Morgan fingerprint density at radius 1 is 0.394 bits per heavy atom. The number of nitrogens with one attached hydrogen (secondary N) is 1. The van der Waals surface area contributed by atoms with Gasteiger partial charge in [0.25, 0.3) is 0 Å². The molecule has 0 bridgehead atoms. The summed E-state index contributed by atoms with van der Waals surface area (Å²) in [5.74, 6) is -0.267. The average molecular weight is 1320 g/mol. The van der Waals surface area contributed by atoms with E-state index in [1.165, 1.54) is 135 Å². The number of allylic oxidation sites excluding steroid dienone is 21. The van der Waals surface area contributed by atoms with Crippen molar-refractivity contribution in [2.24, 2.45) is 0 Å². The Morgan fingerprint density at radius 2 is 0.734 bits per heavy atom. The largest absolute Gasteiger partial charge is 0.394 e. The van der Waals surface area contributed by atoms with Crippen LogP contribution in [0.2, 0.25) is 0 Å². The number of rotatable bonds is 60. The van der Waals surface area contributed by atoms with E-state index in [0.717, 1.165) is 109 Å². The molecule has 538 valence electrons. The second kappa shape index (κ2) is 62.6. The second-order valence-corrected chi connectivity index (χ2v) is 25.7. The van der Waals surface area contributed by atoms with Crippen molar-refractivity contribution in [3.05, 3.63) is 134 Å². The van der Waals surface area contributed by atoms with Gasteiger partial charge >= 0.3 is 0 Å². The zero-order chi connectivity index (χ0) is 68.0. The van der Waals surface area contributed by atoms with E-state index < -0.39 is 86.8 Å². The predicted molar refractivity (Wildman–Crippen MR) is 387 cm³/mol. The van der Waals surface area contributed by atoms with Crippen LogP contribution in [0.5, 0.6) is 0 Å². The fraction of sp³-hybridized carbons (Fsp3) is 0.713. The Bertz CT molecular complexity index is 2090. The van der Waals surface area contributed by atoms with E-state index >= 15 is 0 Å². The first-order valence-corrected chi connectivity index (χ1v) is 37.4. The Balaban J connectivity index is 1.69. The number of carbonyl (C=O) groups excluding carboxylic acids is 1. The van der Waals surface area contributed by atoms with Crippen LogP contribution in [-0.4, -0.2) is 140 Å². The van der Waals surface area contributed by atoms with Gasteiger partial charge in [-0.3, -0.25) is 4.79 Å². The summed E-state index contributed by atoms with van der Waals surface area (Å²) >= 11 is 0. The van der Waals surface area contributed by atoms with Gasteiger partial charge in [0, 0.05) is 6.42 Å². The van der Waals surface area contributed by atoms with E-state index in [-0.39, 0.29) is 18.9 Å². The highest BCUT2D eigenvalue weighted by Crippen LogP contribution is 2.30. The molecule has 0 spiro atoms. The van der Waals surface area contributed by atoms with E-state index in [1.54, 1.807) is 6.08 Å². The van der Waals surface area contributed by atoms with Gasteiger partial charge in [0.05, 0.1) is 32.0 Å². The molecule has 0 aromatic rings. The monoisotopic (exact) mass is 1320 g/mol. The fourth-order valence-electron chi connectivity index (χ4n) is 11.4. The molecule has 2 aliphatic rings. The lowest BCUT2D eigenvalue weighted by Crippen LogP contribution is -2.65. The molecule has 0 aliphatic carbocycles. The van der Waals surface area contributed by atoms with Gasteiger partial charge in [-0.15, -0.1) is 0 Å². The minimum absolute atomic E-state index is 0.243. The van der Waals surface area contributed by atoms with E-state index in [0.29, 0.717) is 6.42 Å². The molecule has 0 radical (unpaired) electrons. The quantitative estimate of drug-likeness (QED) is 0.0204.